The Morgan fingerprint density at radius 1 is 1.00 bits per heavy atom. The van der Waals surface area contributed by atoms with Gasteiger partial charge in [-0.1, -0.05) is 31.2 Å². The van der Waals surface area contributed by atoms with Crippen molar-refractivity contribution >= 4 is 10.9 Å². The molecule has 0 aliphatic heterocycles. The van der Waals surface area contributed by atoms with E-state index in [1.165, 1.54) is 6.07 Å². The molecule has 4 rings (SSSR count). The van der Waals surface area contributed by atoms with Gasteiger partial charge in [0.2, 0.25) is 0 Å². The number of alkyl halides is 2. The Labute approximate surface area is 160 Å². The molecule has 0 aliphatic carbocycles. The summed E-state index contributed by atoms with van der Waals surface area (Å²) in [5, 5.41) is 5.21. The number of fused-ring (bicyclic) bond motifs is 1. The second-order valence-electron chi connectivity index (χ2n) is 6.51. The van der Waals surface area contributed by atoms with E-state index in [0.29, 0.717) is 5.82 Å². The Bertz CT molecular complexity index is 1120. The van der Waals surface area contributed by atoms with Crippen molar-refractivity contribution in [3.8, 4) is 17.1 Å². The van der Waals surface area contributed by atoms with Gasteiger partial charge >= 0.3 is 0 Å². The first kappa shape index (κ1) is 18.2. The molecule has 7 heteroatoms. The molecular formula is C21H19F2N5. The van der Waals surface area contributed by atoms with Crippen LogP contribution >= 0.6 is 0 Å². The lowest BCUT2D eigenvalue weighted by Gasteiger charge is -2.10. The van der Waals surface area contributed by atoms with Crippen molar-refractivity contribution in [2.75, 3.05) is 0 Å². The van der Waals surface area contributed by atoms with Gasteiger partial charge in [0.05, 0.1) is 23.1 Å². The lowest BCUT2D eigenvalue weighted by atomic mass is 10.1. The molecule has 1 aromatic carbocycles. The van der Waals surface area contributed by atoms with Gasteiger partial charge in [0.25, 0.3) is 6.43 Å². The average Bonchev–Trinajstić information content (AvgIpc) is 3.16. The van der Waals surface area contributed by atoms with E-state index in [1.54, 1.807) is 23.0 Å². The summed E-state index contributed by atoms with van der Waals surface area (Å²) in [4.78, 5) is 8.71. The molecule has 2 N–H and O–H groups in total. The number of nitrogens with two attached hydrogens (primary N) is 1. The van der Waals surface area contributed by atoms with Crippen LogP contribution in [0, 0.1) is 0 Å². The van der Waals surface area contributed by atoms with Crippen LogP contribution in [0.25, 0.3) is 28.0 Å². The van der Waals surface area contributed by atoms with E-state index >= 15 is 0 Å². The summed E-state index contributed by atoms with van der Waals surface area (Å²) in [5.41, 5.74) is 9.12. The Hall–Kier alpha value is -3.19. The Morgan fingerprint density at radius 3 is 2.57 bits per heavy atom. The Kier molecular flexibility index (Phi) is 4.83. The standard InChI is InChI=1S/C21H19F2N5/c1-2-15(24)17-6-3-5-16(26-17)13-9-10-14-12-25-28(19(14)11-13)20-8-4-7-18(27-20)21(22)23/h3-12,15,21H,2,24H2,1H3. The molecule has 0 aliphatic rings. The van der Waals surface area contributed by atoms with E-state index < -0.39 is 6.43 Å². The highest BCUT2D eigenvalue weighted by Gasteiger charge is 2.13. The summed E-state index contributed by atoms with van der Waals surface area (Å²) in [6.07, 6.45) is -0.145. The van der Waals surface area contributed by atoms with Crippen LogP contribution in [-0.2, 0) is 0 Å². The molecular weight excluding hydrogens is 360 g/mol. The quantitative estimate of drug-likeness (QED) is 0.539. The Morgan fingerprint density at radius 2 is 1.79 bits per heavy atom. The summed E-state index contributed by atoms with van der Waals surface area (Å²) in [5.74, 6) is 0.347. The first-order chi connectivity index (χ1) is 13.6. The zero-order chi connectivity index (χ0) is 19.7. The van der Waals surface area contributed by atoms with E-state index in [1.807, 2.05) is 43.3 Å². The van der Waals surface area contributed by atoms with Crippen molar-refractivity contribution in [2.24, 2.45) is 5.73 Å². The van der Waals surface area contributed by atoms with Crippen molar-refractivity contribution in [1.29, 1.82) is 0 Å². The molecule has 1 atom stereocenters. The first-order valence-electron chi connectivity index (χ1n) is 9.03. The van der Waals surface area contributed by atoms with E-state index in [4.69, 9.17) is 5.73 Å². The average molecular weight is 379 g/mol. The molecule has 0 saturated carbocycles. The highest BCUT2D eigenvalue weighted by molar-refractivity contribution is 5.84. The fraction of sp³-hybridized carbons (Fsp3) is 0.190. The van der Waals surface area contributed by atoms with Gasteiger partial charge in [-0.25, -0.2) is 18.4 Å². The number of halogens is 2. The fourth-order valence-electron chi connectivity index (χ4n) is 3.07. The lowest BCUT2D eigenvalue weighted by Crippen LogP contribution is -2.10. The van der Waals surface area contributed by atoms with E-state index in [9.17, 15) is 8.78 Å². The number of pyridine rings is 2. The van der Waals surface area contributed by atoms with Crippen molar-refractivity contribution in [3.63, 3.8) is 0 Å². The number of nitrogens with zero attached hydrogens (tertiary/aromatic N) is 4. The predicted molar refractivity (Wildman–Crippen MR) is 104 cm³/mol. The molecule has 0 spiro atoms. The van der Waals surface area contributed by atoms with Crippen LogP contribution in [0.2, 0.25) is 0 Å². The van der Waals surface area contributed by atoms with Crippen LogP contribution in [0.4, 0.5) is 8.78 Å². The molecule has 3 aromatic heterocycles. The van der Waals surface area contributed by atoms with Crippen molar-refractivity contribution in [3.05, 3.63) is 72.2 Å². The molecule has 0 bridgehead atoms. The highest BCUT2D eigenvalue weighted by Crippen LogP contribution is 2.26. The molecule has 0 fully saturated rings. The third-order valence-corrected chi connectivity index (χ3v) is 4.65. The molecule has 3 heterocycles. The van der Waals surface area contributed by atoms with E-state index in [2.05, 4.69) is 15.1 Å². The minimum absolute atomic E-state index is 0.115. The van der Waals surface area contributed by atoms with E-state index in [0.717, 1.165) is 34.3 Å². The van der Waals surface area contributed by atoms with Crippen LogP contribution < -0.4 is 5.73 Å². The molecule has 0 saturated heterocycles. The Balaban J connectivity index is 1.80. The zero-order valence-electron chi connectivity index (χ0n) is 15.3. The second kappa shape index (κ2) is 7.44. The molecule has 4 aromatic rings. The molecule has 142 valence electrons. The number of hydrogen-bond donors (Lipinski definition) is 1. The van der Waals surface area contributed by atoms with Gasteiger partial charge in [-0.3, -0.25) is 4.98 Å². The van der Waals surface area contributed by atoms with Crippen LogP contribution in [0.1, 0.15) is 37.2 Å². The summed E-state index contributed by atoms with van der Waals surface area (Å²) in [6.45, 7) is 2.02. The highest BCUT2D eigenvalue weighted by atomic mass is 19.3. The van der Waals surface area contributed by atoms with Crippen molar-refractivity contribution in [2.45, 2.75) is 25.8 Å². The number of benzene rings is 1. The number of aromatic nitrogens is 4. The van der Waals surface area contributed by atoms with Crippen LogP contribution in [0.5, 0.6) is 0 Å². The molecule has 0 amide bonds. The summed E-state index contributed by atoms with van der Waals surface area (Å²) in [6, 6.07) is 16.0. The normalized spacial score (nSPS) is 12.6. The summed E-state index contributed by atoms with van der Waals surface area (Å²) >= 11 is 0. The van der Waals surface area contributed by atoms with Gasteiger partial charge in [-0.05, 0) is 36.8 Å². The van der Waals surface area contributed by atoms with Crippen LogP contribution in [0.3, 0.4) is 0 Å². The number of rotatable bonds is 5. The maximum Gasteiger partial charge on any atom is 0.280 e. The monoisotopic (exact) mass is 379 g/mol. The van der Waals surface area contributed by atoms with Gasteiger partial charge in [0.15, 0.2) is 5.82 Å². The molecule has 5 nitrogen and oxygen atoms in total. The minimum atomic E-state index is -2.63. The summed E-state index contributed by atoms with van der Waals surface area (Å²) in [7, 11) is 0. The largest absolute Gasteiger partial charge is 0.323 e. The third kappa shape index (κ3) is 3.36. The zero-order valence-corrected chi connectivity index (χ0v) is 15.3. The van der Waals surface area contributed by atoms with Crippen LogP contribution in [0.15, 0.2) is 60.8 Å². The fourth-order valence-corrected chi connectivity index (χ4v) is 3.07. The topological polar surface area (TPSA) is 69.6 Å². The van der Waals surface area contributed by atoms with Gasteiger partial charge in [-0.15, -0.1) is 0 Å². The minimum Gasteiger partial charge on any atom is -0.323 e. The lowest BCUT2D eigenvalue weighted by molar-refractivity contribution is 0.146. The van der Waals surface area contributed by atoms with Gasteiger partial charge in [0, 0.05) is 17.0 Å². The first-order valence-corrected chi connectivity index (χ1v) is 9.03. The van der Waals surface area contributed by atoms with E-state index in [-0.39, 0.29) is 11.7 Å². The van der Waals surface area contributed by atoms with Gasteiger partial charge < -0.3 is 5.73 Å². The van der Waals surface area contributed by atoms with Crippen LogP contribution in [-0.4, -0.2) is 19.7 Å². The maximum atomic E-state index is 13.0. The molecule has 0 radical (unpaired) electrons. The van der Waals surface area contributed by atoms with Crippen molar-refractivity contribution < 1.29 is 8.78 Å². The van der Waals surface area contributed by atoms with Gasteiger partial charge in [0.1, 0.15) is 5.69 Å². The van der Waals surface area contributed by atoms with Gasteiger partial charge in [-0.2, -0.15) is 5.10 Å². The predicted octanol–water partition coefficient (Wildman–Crippen LogP) is 4.83. The number of hydrogen-bond acceptors (Lipinski definition) is 4. The molecule has 28 heavy (non-hydrogen) atoms. The van der Waals surface area contributed by atoms with Crippen molar-refractivity contribution in [1.82, 2.24) is 19.7 Å². The maximum absolute atomic E-state index is 13.0. The SMILES string of the molecule is CCC(N)c1cccc(-c2ccc3cnn(-c4cccc(C(F)F)n4)c3c2)n1. The second-order valence-corrected chi connectivity index (χ2v) is 6.51. The third-order valence-electron chi connectivity index (χ3n) is 4.65. The smallest absolute Gasteiger partial charge is 0.280 e. The summed E-state index contributed by atoms with van der Waals surface area (Å²) < 4.78 is 27.6. The molecule has 1 unspecified atom stereocenters.